The van der Waals surface area contributed by atoms with Crippen molar-refractivity contribution in [2.45, 2.75) is 30.7 Å². The van der Waals surface area contributed by atoms with Gasteiger partial charge in [-0.1, -0.05) is 17.7 Å². The second-order valence-electron chi connectivity index (χ2n) is 4.94. The van der Waals surface area contributed by atoms with Crippen molar-refractivity contribution in [3.8, 4) is 0 Å². The molecule has 1 atom stereocenters. The fourth-order valence-corrected chi connectivity index (χ4v) is 3.32. The number of likely N-dealkylation sites (tertiary alicyclic amines) is 1. The topological polar surface area (TPSA) is 66.5 Å². The Hall–Kier alpha value is -1.40. The van der Waals surface area contributed by atoms with Gasteiger partial charge in [0.25, 0.3) is 0 Å². The minimum atomic E-state index is -3.54. The number of amides is 1. The molecular weight excluding hydrogens is 264 g/mol. The maximum absolute atomic E-state index is 12.2. The average Bonchev–Trinajstić information content (AvgIpc) is 2.34. The second-order valence-corrected chi connectivity index (χ2v) is 6.65. The van der Waals surface area contributed by atoms with Crippen molar-refractivity contribution in [2.75, 3.05) is 13.6 Å². The first kappa shape index (κ1) is 14.0. The summed E-state index contributed by atoms with van der Waals surface area (Å²) < 4.78 is 26.9. The van der Waals surface area contributed by atoms with Crippen LogP contribution in [0.3, 0.4) is 0 Å². The van der Waals surface area contributed by atoms with Gasteiger partial charge < -0.3 is 4.90 Å². The molecule has 0 saturated carbocycles. The zero-order valence-corrected chi connectivity index (χ0v) is 11.9. The molecule has 0 radical (unpaired) electrons. The largest absolute Gasteiger partial charge is 0.346 e. The molecule has 0 aliphatic carbocycles. The van der Waals surface area contributed by atoms with Gasteiger partial charge in [0.05, 0.1) is 4.90 Å². The van der Waals surface area contributed by atoms with Crippen LogP contribution < -0.4 is 4.72 Å². The third-order valence-electron chi connectivity index (χ3n) is 3.31. The van der Waals surface area contributed by atoms with E-state index in [-0.39, 0.29) is 23.3 Å². The van der Waals surface area contributed by atoms with Crippen LogP contribution in [-0.4, -0.2) is 38.9 Å². The van der Waals surface area contributed by atoms with E-state index in [2.05, 4.69) is 4.72 Å². The molecular formula is C13H18N2O3S. The van der Waals surface area contributed by atoms with Crippen LogP contribution >= 0.6 is 0 Å². The monoisotopic (exact) mass is 282 g/mol. The summed E-state index contributed by atoms with van der Waals surface area (Å²) in [5, 5.41) is 0. The molecule has 0 aromatic heterocycles. The Morgan fingerprint density at radius 3 is 2.47 bits per heavy atom. The van der Waals surface area contributed by atoms with Crippen molar-refractivity contribution in [2.24, 2.45) is 0 Å². The van der Waals surface area contributed by atoms with Crippen LogP contribution in [0.2, 0.25) is 0 Å². The van der Waals surface area contributed by atoms with Crippen molar-refractivity contribution in [1.82, 2.24) is 9.62 Å². The van der Waals surface area contributed by atoms with E-state index in [1.165, 1.54) is 0 Å². The summed E-state index contributed by atoms with van der Waals surface area (Å²) in [6.07, 6.45) is 0.870. The van der Waals surface area contributed by atoms with E-state index in [9.17, 15) is 13.2 Å². The van der Waals surface area contributed by atoms with Gasteiger partial charge in [0.15, 0.2) is 0 Å². The smallest absolute Gasteiger partial charge is 0.240 e. The summed E-state index contributed by atoms with van der Waals surface area (Å²) in [5.74, 6) is -0.0251. The molecule has 1 heterocycles. The van der Waals surface area contributed by atoms with Crippen molar-refractivity contribution >= 4 is 15.9 Å². The van der Waals surface area contributed by atoms with Gasteiger partial charge >= 0.3 is 0 Å². The van der Waals surface area contributed by atoms with Crippen LogP contribution in [0.5, 0.6) is 0 Å². The van der Waals surface area contributed by atoms with Gasteiger partial charge in [-0.05, 0) is 25.5 Å². The predicted octanol–water partition coefficient (Wildman–Crippen LogP) is 0.894. The molecule has 1 aliphatic heterocycles. The number of rotatable bonds is 3. The zero-order chi connectivity index (χ0) is 14.0. The molecule has 5 nitrogen and oxygen atoms in total. The second kappa shape index (κ2) is 5.30. The summed E-state index contributed by atoms with van der Waals surface area (Å²) >= 11 is 0. The lowest BCUT2D eigenvalue weighted by atomic mass is 10.1. The van der Waals surface area contributed by atoms with Gasteiger partial charge in [-0.3, -0.25) is 4.79 Å². The fourth-order valence-electron chi connectivity index (χ4n) is 2.05. The molecule has 1 aliphatic rings. The van der Waals surface area contributed by atoms with Crippen LogP contribution in [0, 0.1) is 6.92 Å². The quantitative estimate of drug-likeness (QED) is 0.895. The molecule has 1 N–H and O–H groups in total. The maximum atomic E-state index is 12.2. The van der Waals surface area contributed by atoms with Crippen LogP contribution in [-0.2, 0) is 14.8 Å². The summed E-state index contributed by atoms with van der Waals surface area (Å²) in [5.41, 5.74) is 1.01. The summed E-state index contributed by atoms with van der Waals surface area (Å²) in [6, 6.07) is 6.36. The van der Waals surface area contributed by atoms with E-state index in [0.29, 0.717) is 13.0 Å². The third-order valence-corrected chi connectivity index (χ3v) is 4.85. The minimum absolute atomic E-state index is 0.0251. The summed E-state index contributed by atoms with van der Waals surface area (Å²) in [6.45, 7) is 2.49. The van der Waals surface area contributed by atoms with Crippen molar-refractivity contribution in [3.05, 3.63) is 29.8 Å². The van der Waals surface area contributed by atoms with Crippen LogP contribution in [0.1, 0.15) is 18.4 Å². The van der Waals surface area contributed by atoms with Gasteiger partial charge in [0.2, 0.25) is 15.9 Å². The highest BCUT2D eigenvalue weighted by molar-refractivity contribution is 7.89. The van der Waals surface area contributed by atoms with Gasteiger partial charge in [0, 0.05) is 26.1 Å². The Morgan fingerprint density at radius 2 is 1.89 bits per heavy atom. The normalized spacial score (nSPS) is 20.6. The number of carbonyl (C=O) groups is 1. The Labute approximate surface area is 113 Å². The van der Waals surface area contributed by atoms with Gasteiger partial charge in [-0.2, -0.15) is 0 Å². The number of carbonyl (C=O) groups excluding carboxylic acids is 1. The summed E-state index contributed by atoms with van der Waals surface area (Å²) in [7, 11) is -1.81. The highest BCUT2D eigenvalue weighted by Gasteiger charge is 2.27. The molecule has 6 heteroatoms. The standard InChI is InChI=1S/C13H18N2O3S/c1-10-3-5-12(6-4-10)19(17,18)14-11-7-8-15(2)13(16)9-11/h3-6,11,14H,7-9H2,1-2H3/t11-/m0/s1. The van der Waals surface area contributed by atoms with Crippen LogP contribution in [0.4, 0.5) is 0 Å². The maximum Gasteiger partial charge on any atom is 0.240 e. The third kappa shape index (κ3) is 3.33. The SMILES string of the molecule is Cc1ccc(S(=O)(=O)N[C@H]2CCN(C)C(=O)C2)cc1. The van der Waals surface area contributed by atoms with E-state index in [4.69, 9.17) is 0 Å². The first-order chi connectivity index (χ1) is 8.88. The van der Waals surface area contributed by atoms with E-state index in [1.807, 2.05) is 6.92 Å². The molecule has 19 heavy (non-hydrogen) atoms. The van der Waals surface area contributed by atoms with Gasteiger partial charge in [-0.15, -0.1) is 0 Å². The van der Waals surface area contributed by atoms with Gasteiger partial charge in [-0.25, -0.2) is 13.1 Å². The summed E-state index contributed by atoms with van der Waals surface area (Å²) in [4.78, 5) is 13.4. The number of nitrogens with one attached hydrogen (secondary N) is 1. The van der Waals surface area contributed by atoms with Crippen molar-refractivity contribution in [1.29, 1.82) is 0 Å². The van der Waals surface area contributed by atoms with Gasteiger partial charge in [0.1, 0.15) is 0 Å². The molecule has 2 rings (SSSR count). The Morgan fingerprint density at radius 1 is 1.26 bits per heavy atom. The minimum Gasteiger partial charge on any atom is -0.346 e. The van der Waals surface area contributed by atoms with Crippen molar-refractivity contribution < 1.29 is 13.2 Å². The number of hydrogen-bond donors (Lipinski definition) is 1. The molecule has 104 valence electrons. The number of piperidine rings is 1. The van der Waals surface area contributed by atoms with E-state index in [0.717, 1.165) is 5.56 Å². The number of nitrogens with zero attached hydrogens (tertiary/aromatic N) is 1. The van der Waals surface area contributed by atoms with Crippen LogP contribution in [0.25, 0.3) is 0 Å². The van der Waals surface area contributed by atoms with Crippen LogP contribution in [0.15, 0.2) is 29.2 Å². The zero-order valence-electron chi connectivity index (χ0n) is 11.1. The number of hydrogen-bond acceptors (Lipinski definition) is 3. The molecule has 1 saturated heterocycles. The Balaban J connectivity index is 2.09. The lowest BCUT2D eigenvalue weighted by Gasteiger charge is -2.29. The van der Waals surface area contributed by atoms with E-state index in [1.54, 1.807) is 36.2 Å². The molecule has 0 unspecified atom stereocenters. The molecule has 1 fully saturated rings. The Bertz CT molecular complexity index is 566. The lowest BCUT2D eigenvalue weighted by molar-refractivity contribution is -0.132. The first-order valence-electron chi connectivity index (χ1n) is 6.21. The first-order valence-corrected chi connectivity index (χ1v) is 7.70. The Kier molecular flexibility index (Phi) is 3.91. The highest BCUT2D eigenvalue weighted by atomic mass is 32.2. The van der Waals surface area contributed by atoms with E-state index >= 15 is 0 Å². The highest BCUT2D eigenvalue weighted by Crippen LogP contribution is 2.15. The molecule has 1 aromatic rings. The number of benzene rings is 1. The van der Waals surface area contributed by atoms with Crippen molar-refractivity contribution in [3.63, 3.8) is 0 Å². The van der Waals surface area contributed by atoms with E-state index < -0.39 is 10.0 Å². The molecule has 1 amide bonds. The molecule has 0 spiro atoms. The average molecular weight is 282 g/mol. The fraction of sp³-hybridized carbons (Fsp3) is 0.462. The lowest BCUT2D eigenvalue weighted by Crippen LogP contribution is -2.46. The molecule has 0 bridgehead atoms. The number of aryl methyl sites for hydroxylation is 1. The number of sulfonamides is 1. The predicted molar refractivity (Wildman–Crippen MR) is 72.2 cm³/mol. The molecule has 1 aromatic carbocycles.